The van der Waals surface area contributed by atoms with Gasteiger partial charge in [0.2, 0.25) is 0 Å². The fraction of sp³-hybridized carbons (Fsp3) is 0.368. The van der Waals surface area contributed by atoms with E-state index in [1.807, 2.05) is 25.1 Å². The van der Waals surface area contributed by atoms with E-state index in [-0.39, 0.29) is 0 Å². The summed E-state index contributed by atoms with van der Waals surface area (Å²) in [6.07, 6.45) is 4.86. The number of aromatic nitrogens is 3. The zero-order valence-corrected chi connectivity index (χ0v) is 15.8. The van der Waals surface area contributed by atoms with Gasteiger partial charge in [-0.3, -0.25) is 0 Å². The zero-order chi connectivity index (χ0) is 18.3. The lowest BCUT2D eigenvalue weighted by Gasteiger charge is -2.28. The largest absolute Gasteiger partial charge is 0.355 e. The summed E-state index contributed by atoms with van der Waals surface area (Å²) in [6.45, 7) is 3.95. The molecule has 1 N–H and O–H groups in total. The average molecular weight is 370 g/mol. The van der Waals surface area contributed by atoms with Crippen LogP contribution in [0.25, 0.3) is 22.3 Å². The lowest BCUT2D eigenvalue weighted by molar-refractivity contribution is 0.574. The van der Waals surface area contributed by atoms with Crippen molar-refractivity contribution in [1.29, 1.82) is 0 Å². The molecule has 1 saturated heterocycles. The molecule has 0 aliphatic carbocycles. The Hall–Kier alpha value is -2.41. The molecule has 0 amide bonds. The average Bonchev–Trinajstić information content (AvgIpc) is 3.05. The van der Waals surface area contributed by atoms with Gasteiger partial charge in [-0.2, -0.15) is 0 Å². The van der Waals surface area contributed by atoms with Crippen molar-refractivity contribution in [3.05, 3.63) is 36.2 Å². The second-order valence-electron chi connectivity index (χ2n) is 6.88. The van der Waals surface area contributed by atoms with Crippen LogP contribution in [0, 0.1) is 6.92 Å². The standard InChI is InChI=1S/C19H22N4O2S/c1-13-20-17-12-16(14-6-8-15(9-7-14)26(2,24)25)22-18(17)19(21-13)23-10-4-3-5-11-23/h6-9,12,22H,3-5,10-11H2,1-2H3. The molecule has 6 nitrogen and oxygen atoms in total. The fourth-order valence-electron chi connectivity index (χ4n) is 3.48. The van der Waals surface area contributed by atoms with Crippen molar-refractivity contribution in [3.63, 3.8) is 0 Å². The van der Waals surface area contributed by atoms with E-state index in [1.54, 1.807) is 12.1 Å². The Balaban J connectivity index is 1.78. The predicted octanol–water partition coefficient (Wildman–Crippen LogP) is 3.33. The Kier molecular flexibility index (Phi) is 4.19. The van der Waals surface area contributed by atoms with Crippen LogP contribution in [-0.2, 0) is 9.84 Å². The number of aryl methyl sites for hydroxylation is 1. The van der Waals surface area contributed by atoms with Gasteiger partial charge >= 0.3 is 0 Å². The van der Waals surface area contributed by atoms with Crippen molar-refractivity contribution in [2.75, 3.05) is 24.2 Å². The summed E-state index contributed by atoms with van der Waals surface area (Å²) in [6, 6.07) is 8.92. The van der Waals surface area contributed by atoms with E-state index >= 15 is 0 Å². The Labute approximate surface area is 153 Å². The second-order valence-corrected chi connectivity index (χ2v) is 8.90. The Morgan fingerprint density at radius 1 is 1.04 bits per heavy atom. The summed E-state index contributed by atoms with van der Waals surface area (Å²) >= 11 is 0. The summed E-state index contributed by atoms with van der Waals surface area (Å²) in [5, 5.41) is 0. The lowest BCUT2D eigenvalue weighted by Crippen LogP contribution is -2.30. The summed E-state index contributed by atoms with van der Waals surface area (Å²) in [5.41, 5.74) is 3.68. The van der Waals surface area contributed by atoms with Gasteiger partial charge in [0.05, 0.1) is 10.4 Å². The molecule has 7 heteroatoms. The van der Waals surface area contributed by atoms with Gasteiger partial charge in [0.15, 0.2) is 15.7 Å². The number of aromatic amines is 1. The van der Waals surface area contributed by atoms with Gasteiger partial charge in [-0.1, -0.05) is 12.1 Å². The molecule has 0 bridgehead atoms. The quantitative estimate of drug-likeness (QED) is 0.765. The predicted molar refractivity (Wildman–Crippen MR) is 103 cm³/mol. The third-order valence-electron chi connectivity index (χ3n) is 4.82. The van der Waals surface area contributed by atoms with Crippen LogP contribution in [0.1, 0.15) is 25.1 Å². The molecule has 0 saturated carbocycles. The summed E-state index contributed by atoms with van der Waals surface area (Å²) in [4.78, 5) is 15.3. The monoisotopic (exact) mass is 370 g/mol. The normalized spacial score (nSPS) is 15.5. The highest BCUT2D eigenvalue weighted by Crippen LogP contribution is 2.30. The molecule has 0 radical (unpaired) electrons. The van der Waals surface area contributed by atoms with E-state index in [0.717, 1.165) is 47.0 Å². The number of fused-ring (bicyclic) bond motifs is 1. The van der Waals surface area contributed by atoms with E-state index in [4.69, 9.17) is 0 Å². The first kappa shape index (κ1) is 17.0. The first-order valence-electron chi connectivity index (χ1n) is 8.84. The van der Waals surface area contributed by atoms with E-state index < -0.39 is 9.84 Å². The molecule has 26 heavy (non-hydrogen) atoms. The van der Waals surface area contributed by atoms with E-state index in [1.165, 1.54) is 25.5 Å². The van der Waals surface area contributed by atoms with Crippen molar-refractivity contribution in [3.8, 4) is 11.3 Å². The number of rotatable bonds is 3. The number of benzene rings is 1. The topological polar surface area (TPSA) is 79.0 Å². The lowest BCUT2D eigenvalue weighted by atomic mass is 10.1. The number of hydrogen-bond donors (Lipinski definition) is 1. The number of hydrogen-bond acceptors (Lipinski definition) is 5. The highest BCUT2D eigenvalue weighted by Gasteiger charge is 2.18. The molecule has 2 aromatic heterocycles. The van der Waals surface area contributed by atoms with Crippen LogP contribution in [0.15, 0.2) is 35.2 Å². The summed E-state index contributed by atoms with van der Waals surface area (Å²) in [5.74, 6) is 1.72. The van der Waals surface area contributed by atoms with Crippen LogP contribution >= 0.6 is 0 Å². The van der Waals surface area contributed by atoms with Crippen LogP contribution in [0.5, 0.6) is 0 Å². The van der Waals surface area contributed by atoms with Crippen LogP contribution in [0.4, 0.5) is 5.82 Å². The van der Waals surface area contributed by atoms with Gasteiger partial charge in [0.1, 0.15) is 11.3 Å². The number of anilines is 1. The van der Waals surface area contributed by atoms with Crippen molar-refractivity contribution >= 4 is 26.7 Å². The number of nitrogens with zero attached hydrogens (tertiary/aromatic N) is 3. The highest BCUT2D eigenvalue weighted by atomic mass is 32.2. The number of sulfone groups is 1. The Bertz CT molecular complexity index is 1050. The van der Waals surface area contributed by atoms with Crippen LogP contribution in [0.3, 0.4) is 0 Å². The Morgan fingerprint density at radius 3 is 2.38 bits per heavy atom. The third kappa shape index (κ3) is 3.19. The molecule has 4 rings (SSSR count). The molecular formula is C19H22N4O2S. The highest BCUT2D eigenvalue weighted by molar-refractivity contribution is 7.90. The van der Waals surface area contributed by atoms with Crippen molar-refractivity contribution < 1.29 is 8.42 Å². The Morgan fingerprint density at radius 2 is 1.73 bits per heavy atom. The van der Waals surface area contributed by atoms with Crippen molar-refractivity contribution in [1.82, 2.24) is 15.0 Å². The summed E-state index contributed by atoms with van der Waals surface area (Å²) < 4.78 is 23.3. The molecule has 3 aromatic rings. The van der Waals surface area contributed by atoms with Crippen LogP contribution in [-0.4, -0.2) is 42.7 Å². The molecule has 1 aromatic carbocycles. The van der Waals surface area contributed by atoms with Crippen LogP contribution in [0.2, 0.25) is 0 Å². The maximum atomic E-state index is 11.6. The zero-order valence-electron chi connectivity index (χ0n) is 15.0. The molecule has 136 valence electrons. The minimum absolute atomic E-state index is 0.321. The third-order valence-corrected chi connectivity index (χ3v) is 5.95. The fourth-order valence-corrected chi connectivity index (χ4v) is 4.11. The second kappa shape index (κ2) is 6.39. The maximum absolute atomic E-state index is 11.6. The van der Waals surface area contributed by atoms with Gasteiger partial charge < -0.3 is 9.88 Å². The molecule has 1 aliphatic heterocycles. The van der Waals surface area contributed by atoms with E-state index in [2.05, 4.69) is 19.9 Å². The van der Waals surface area contributed by atoms with Crippen molar-refractivity contribution in [2.24, 2.45) is 0 Å². The minimum atomic E-state index is -3.19. The van der Waals surface area contributed by atoms with Gasteiger partial charge in [0, 0.05) is 25.0 Å². The van der Waals surface area contributed by atoms with Gasteiger partial charge in [-0.25, -0.2) is 18.4 Å². The minimum Gasteiger partial charge on any atom is -0.355 e. The summed E-state index contributed by atoms with van der Waals surface area (Å²) in [7, 11) is -3.19. The smallest absolute Gasteiger partial charge is 0.175 e. The first-order valence-corrected chi connectivity index (χ1v) is 10.7. The molecule has 3 heterocycles. The number of H-pyrrole nitrogens is 1. The SMILES string of the molecule is Cc1nc(N2CCCCC2)c2[nH]c(-c3ccc(S(C)(=O)=O)cc3)cc2n1. The molecular weight excluding hydrogens is 348 g/mol. The molecule has 0 atom stereocenters. The maximum Gasteiger partial charge on any atom is 0.175 e. The molecule has 1 fully saturated rings. The van der Waals surface area contributed by atoms with E-state index in [9.17, 15) is 8.42 Å². The first-order chi connectivity index (χ1) is 12.4. The van der Waals surface area contributed by atoms with Crippen molar-refractivity contribution in [2.45, 2.75) is 31.1 Å². The molecule has 1 aliphatic rings. The number of nitrogens with one attached hydrogen (secondary N) is 1. The van der Waals surface area contributed by atoms with E-state index in [0.29, 0.717) is 4.90 Å². The number of piperidine rings is 1. The van der Waals surface area contributed by atoms with Crippen LogP contribution < -0.4 is 4.90 Å². The van der Waals surface area contributed by atoms with Gasteiger partial charge in [-0.05, 0) is 49.9 Å². The van der Waals surface area contributed by atoms with Gasteiger partial charge in [-0.15, -0.1) is 0 Å². The molecule has 0 spiro atoms. The molecule has 0 unspecified atom stereocenters. The van der Waals surface area contributed by atoms with Gasteiger partial charge in [0.25, 0.3) is 0 Å².